The van der Waals surface area contributed by atoms with Crippen molar-refractivity contribution in [2.45, 2.75) is 101 Å². The number of fused-ring (bicyclic) bond motifs is 1. The van der Waals surface area contributed by atoms with Crippen molar-refractivity contribution in [3.8, 4) is 5.75 Å². The smallest absolute Gasteiger partial charge is 0.317 e. The van der Waals surface area contributed by atoms with Crippen LogP contribution in [-0.2, 0) is 14.8 Å². The van der Waals surface area contributed by atoms with Crippen molar-refractivity contribution in [2.75, 3.05) is 38.1 Å². The van der Waals surface area contributed by atoms with Gasteiger partial charge in [0.25, 0.3) is 15.9 Å². The Bertz CT molecular complexity index is 1470. The number of nitrogens with one attached hydrogen (secondary N) is 2. The molecule has 48 heavy (non-hydrogen) atoms. The lowest BCUT2D eigenvalue weighted by Crippen LogP contribution is -2.50. The fraction of sp³-hybridized carbons (Fsp3) is 0.600. The topological polar surface area (TPSA) is 138 Å². The fourth-order valence-electron chi connectivity index (χ4n) is 6.16. The number of hydrogen-bond donors (Lipinski definition) is 3. The van der Waals surface area contributed by atoms with Crippen molar-refractivity contribution >= 4 is 27.6 Å². The summed E-state index contributed by atoms with van der Waals surface area (Å²) in [6, 6.07) is 8.38. The number of anilines is 1. The molecule has 1 aliphatic carbocycles. The summed E-state index contributed by atoms with van der Waals surface area (Å²) in [5.41, 5.74) is 0.257. The predicted octanol–water partition coefficient (Wildman–Crippen LogP) is 5.40. The molecule has 0 radical (unpaired) electrons. The molecule has 0 saturated heterocycles. The first-order chi connectivity index (χ1) is 22.9. The van der Waals surface area contributed by atoms with Gasteiger partial charge in [-0.2, -0.15) is 0 Å². The summed E-state index contributed by atoms with van der Waals surface area (Å²) < 4.78 is 54.7. The summed E-state index contributed by atoms with van der Waals surface area (Å²) in [6.45, 7) is 6.29. The van der Waals surface area contributed by atoms with Crippen molar-refractivity contribution in [3.05, 3.63) is 53.8 Å². The molecule has 266 valence electrons. The molecule has 0 bridgehead atoms. The summed E-state index contributed by atoms with van der Waals surface area (Å²) >= 11 is 0. The molecule has 1 aliphatic heterocycles. The maximum Gasteiger partial charge on any atom is 0.317 e. The summed E-state index contributed by atoms with van der Waals surface area (Å²) in [7, 11) is -2.34. The van der Waals surface area contributed by atoms with Gasteiger partial charge in [-0.25, -0.2) is 17.6 Å². The van der Waals surface area contributed by atoms with Gasteiger partial charge in [0.05, 0.1) is 35.3 Å². The van der Waals surface area contributed by atoms with E-state index in [9.17, 15) is 27.5 Å². The zero-order chi connectivity index (χ0) is 34.8. The van der Waals surface area contributed by atoms with E-state index >= 15 is 0 Å². The Kier molecular flexibility index (Phi) is 13.5. The molecule has 2 aromatic rings. The third-order valence-electron chi connectivity index (χ3n) is 9.16. The minimum atomic E-state index is -4.09. The molecule has 1 fully saturated rings. The second kappa shape index (κ2) is 17.3. The van der Waals surface area contributed by atoms with Crippen molar-refractivity contribution in [3.63, 3.8) is 0 Å². The molecule has 1 heterocycles. The lowest BCUT2D eigenvalue weighted by molar-refractivity contribution is -0.0123. The largest absolute Gasteiger partial charge is 0.490 e. The van der Waals surface area contributed by atoms with Gasteiger partial charge in [0.15, 0.2) is 0 Å². The standard InChI is InChI=1S/C35H51FN4O7S/c1-24-21-40(25(2)23-41)34(42)31-20-29(38-48(44,45)30-16-13-27(36)14-17-30)15-18-32(31)47-26(3)10-8-9-19-46-33(24)22-39(4)35(43)37-28-11-6-5-7-12-28/h13-18,20,24-26,28,33,38,41H,5-12,19,21-23H2,1-4H3,(H,37,43)/t24-,25+,26-,33+/m1/s1. The number of amides is 3. The lowest BCUT2D eigenvalue weighted by atomic mass is 9.96. The van der Waals surface area contributed by atoms with Crippen LogP contribution in [0.15, 0.2) is 47.4 Å². The molecular weight excluding hydrogens is 639 g/mol. The monoisotopic (exact) mass is 690 g/mol. The first-order valence-corrected chi connectivity index (χ1v) is 18.5. The number of aliphatic hydroxyl groups excluding tert-OH is 1. The van der Waals surface area contributed by atoms with Crippen LogP contribution < -0.4 is 14.8 Å². The number of urea groups is 1. The van der Waals surface area contributed by atoms with E-state index in [-0.39, 0.29) is 53.4 Å². The van der Waals surface area contributed by atoms with Crippen LogP contribution in [0, 0.1) is 11.7 Å². The van der Waals surface area contributed by atoms with Crippen LogP contribution >= 0.6 is 0 Å². The van der Waals surface area contributed by atoms with Gasteiger partial charge in [0.2, 0.25) is 0 Å². The number of benzene rings is 2. The van der Waals surface area contributed by atoms with Crippen molar-refractivity contribution in [1.29, 1.82) is 0 Å². The van der Waals surface area contributed by atoms with Gasteiger partial charge in [-0.1, -0.05) is 26.2 Å². The number of nitrogens with zero attached hydrogens (tertiary/aromatic N) is 2. The highest BCUT2D eigenvalue weighted by molar-refractivity contribution is 7.92. The van der Waals surface area contributed by atoms with Crippen LogP contribution in [0.3, 0.4) is 0 Å². The van der Waals surface area contributed by atoms with Crippen LogP contribution in [0.25, 0.3) is 0 Å². The van der Waals surface area contributed by atoms with Gasteiger partial charge in [0.1, 0.15) is 11.6 Å². The Morgan fingerprint density at radius 2 is 1.75 bits per heavy atom. The molecule has 4 rings (SSSR count). The Labute approximate surface area is 284 Å². The maximum atomic E-state index is 14.3. The first-order valence-electron chi connectivity index (χ1n) is 17.0. The molecule has 4 atom stereocenters. The number of sulfonamides is 1. The van der Waals surface area contributed by atoms with E-state index in [1.54, 1.807) is 29.8 Å². The van der Waals surface area contributed by atoms with E-state index in [1.165, 1.54) is 18.6 Å². The van der Waals surface area contributed by atoms with Gasteiger partial charge < -0.3 is 29.7 Å². The van der Waals surface area contributed by atoms with E-state index in [4.69, 9.17) is 9.47 Å². The Morgan fingerprint density at radius 3 is 2.44 bits per heavy atom. The zero-order valence-electron chi connectivity index (χ0n) is 28.5. The number of aliphatic hydroxyl groups is 1. The molecule has 2 aliphatic rings. The van der Waals surface area contributed by atoms with Gasteiger partial charge >= 0.3 is 6.03 Å². The van der Waals surface area contributed by atoms with E-state index in [2.05, 4.69) is 10.0 Å². The first kappa shape index (κ1) is 37.4. The number of likely N-dealkylation sites (N-methyl/N-ethyl adjacent to an activating group) is 1. The Hall–Kier alpha value is -3.42. The minimum Gasteiger partial charge on any atom is -0.490 e. The van der Waals surface area contributed by atoms with Crippen molar-refractivity contribution in [2.24, 2.45) is 5.92 Å². The van der Waals surface area contributed by atoms with E-state index in [0.717, 1.165) is 62.8 Å². The molecule has 0 unspecified atom stereocenters. The van der Waals surface area contributed by atoms with E-state index < -0.39 is 33.9 Å². The fourth-order valence-corrected chi connectivity index (χ4v) is 7.21. The maximum absolute atomic E-state index is 14.3. The summed E-state index contributed by atoms with van der Waals surface area (Å²) in [5.74, 6) is -0.956. The SMILES string of the molecule is C[C@@H]1CCCCO[C@@H](CN(C)C(=O)NC2CCCCC2)[C@H](C)CN([C@@H](C)CO)C(=O)c2cc(NS(=O)(=O)c3ccc(F)cc3)ccc2O1. The molecule has 0 spiro atoms. The van der Waals surface area contributed by atoms with Crippen molar-refractivity contribution in [1.82, 2.24) is 15.1 Å². The summed E-state index contributed by atoms with van der Waals surface area (Å²) in [4.78, 5) is 30.5. The van der Waals surface area contributed by atoms with Gasteiger partial charge in [-0.3, -0.25) is 9.52 Å². The highest BCUT2D eigenvalue weighted by atomic mass is 32.2. The summed E-state index contributed by atoms with van der Waals surface area (Å²) in [6.07, 6.45) is 7.00. The molecule has 13 heteroatoms. The number of rotatable bonds is 8. The second-order valence-corrected chi connectivity index (χ2v) is 14.9. The second-order valence-electron chi connectivity index (χ2n) is 13.2. The number of carbonyl (C=O) groups excluding carboxylic acids is 2. The predicted molar refractivity (Wildman–Crippen MR) is 182 cm³/mol. The Balaban J connectivity index is 1.61. The number of carbonyl (C=O) groups is 2. The number of ether oxygens (including phenoxy) is 2. The van der Waals surface area contributed by atoms with Gasteiger partial charge in [0, 0.05) is 44.4 Å². The average Bonchev–Trinajstić information content (AvgIpc) is 3.06. The molecule has 11 nitrogen and oxygen atoms in total. The van der Waals surface area contributed by atoms with Crippen LogP contribution in [0.4, 0.5) is 14.9 Å². The zero-order valence-corrected chi connectivity index (χ0v) is 29.3. The highest BCUT2D eigenvalue weighted by Gasteiger charge is 2.31. The van der Waals surface area contributed by atoms with Crippen molar-refractivity contribution < 1.29 is 37.0 Å². The Morgan fingerprint density at radius 1 is 1.06 bits per heavy atom. The molecule has 0 aromatic heterocycles. The molecule has 2 aromatic carbocycles. The molecule has 1 saturated carbocycles. The number of hydrogen-bond acceptors (Lipinski definition) is 7. The minimum absolute atomic E-state index is 0.125. The molecule has 3 N–H and O–H groups in total. The lowest BCUT2D eigenvalue weighted by Gasteiger charge is -2.36. The van der Waals surface area contributed by atoms with Crippen LogP contribution in [0.2, 0.25) is 0 Å². The van der Waals surface area contributed by atoms with Crippen LogP contribution in [-0.4, -0.2) is 92.9 Å². The van der Waals surface area contributed by atoms with Crippen LogP contribution in [0.1, 0.15) is 82.5 Å². The third-order valence-corrected chi connectivity index (χ3v) is 10.6. The number of halogens is 1. The highest BCUT2D eigenvalue weighted by Crippen LogP contribution is 2.30. The van der Waals surface area contributed by atoms with Gasteiger partial charge in [-0.15, -0.1) is 0 Å². The normalized spacial score (nSPS) is 22.5. The van der Waals surface area contributed by atoms with E-state index in [0.29, 0.717) is 25.3 Å². The molecule has 3 amide bonds. The van der Waals surface area contributed by atoms with Crippen LogP contribution in [0.5, 0.6) is 5.75 Å². The van der Waals surface area contributed by atoms with E-state index in [1.807, 2.05) is 13.8 Å². The average molecular weight is 691 g/mol. The third kappa shape index (κ3) is 10.3. The summed E-state index contributed by atoms with van der Waals surface area (Å²) in [5, 5.41) is 13.4. The molecular formula is C35H51FN4O7S. The van der Waals surface area contributed by atoms with Gasteiger partial charge in [-0.05, 0) is 88.4 Å². The quantitative estimate of drug-likeness (QED) is 0.338.